The molecule has 0 N–H and O–H groups in total. The standard InChI is InChI=1S/C19H16BrNO5/c1-23-13-6-4-11(17(10-13)25-3)8-15-19(22)26-18(21-15)14-9-12(20)5-7-16(14)24-2/h4-10H,1-3H3/b15-8-. The van der Waals surface area contributed by atoms with Gasteiger partial charge in [0.15, 0.2) is 5.70 Å². The van der Waals surface area contributed by atoms with E-state index in [-0.39, 0.29) is 11.6 Å². The van der Waals surface area contributed by atoms with Gasteiger partial charge in [0.05, 0.1) is 26.9 Å². The first-order chi connectivity index (χ1) is 12.5. The van der Waals surface area contributed by atoms with Gasteiger partial charge in [-0.25, -0.2) is 9.79 Å². The summed E-state index contributed by atoms with van der Waals surface area (Å²) in [5.74, 6) is 1.42. The van der Waals surface area contributed by atoms with Crippen molar-refractivity contribution in [3.63, 3.8) is 0 Å². The van der Waals surface area contributed by atoms with Crippen LogP contribution in [0.15, 0.2) is 51.6 Å². The highest BCUT2D eigenvalue weighted by Gasteiger charge is 2.27. The van der Waals surface area contributed by atoms with Crippen LogP contribution < -0.4 is 14.2 Å². The molecule has 7 heteroatoms. The molecule has 26 heavy (non-hydrogen) atoms. The van der Waals surface area contributed by atoms with Gasteiger partial charge in [0.2, 0.25) is 5.90 Å². The number of carbonyl (C=O) groups is 1. The summed E-state index contributed by atoms with van der Waals surface area (Å²) in [5, 5.41) is 0. The highest BCUT2D eigenvalue weighted by molar-refractivity contribution is 9.10. The Morgan fingerprint density at radius 2 is 1.77 bits per heavy atom. The normalized spacial score (nSPS) is 14.8. The molecular formula is C19H16BrNO5. The average Bonchev–Trinajstić information content (AvgIpc) is 3.02. The zero-order valence-corrected chi connectivity index (χ0v) is 16.0. The molecule has 0 bridgehead atoms. The number of aliphatic imine (C=N–C) groups is 1. The molecule has 0 saturated carbocycles. The van der Waals surface area contributed by atoms with E-state index >= 15 is 0 Å². The summed E-state index contributed by atoms with van der Waals surface area (Å²) >= 11 is 3.40. The molecule has 1 aliphatic heterocycles. The zero-order valence-electron chi connectivity index (χ0n) is 14.4. The van der Waals surface area contributed by atoms with Crippen LogP contribution in [0.3, 0.4) is 0 Å². The second kappa shape index (κ2) is 7.61. The molecule has 0 aliphatic carbocycles. The zero-order chi connectivity index (χ0) is 18.7. The van der Waals surface area contributed by atoms with Gasteiger partial charge in [0.1, 0.15) is 17.2 Å². The van der Waals surface area contributed by atoms with E-state index in [2.05, 4.69) is 20.9 Å². The van der Waals surface area contributed by atoms with E-state index in [4.69, 9.17) is 18.9 Å². The molecule has 6 nitrogen and oxygen atoms in total. The molecule has 0 fully saturated rings. The fraction of sp³-hybridized carbons (Fsp3) is 0.158. The maximum atomic E-state index is 12.2. The second-order valence-electron chi connectivity index (χ2n) is 5.29. The number of ether oxygens (including phenoxy) is 4. The minimum absolute atomic E-state index is 0.172. The first-order valence-electron chi connectivity index (χ1n) is 7.64. The molecule has 1 heterocycles. The topological polar surface area (TPSA) is 66.3 Å². The first-order valence-corrected chi connectivity index (χ1v) is 8.43. The Labute approximate surface area is 159 Å². The van der Waals surface area contributed by atoms with Gasteiger partial charge in [0.25, 0.3) is 0 Å². The molecule has 0 aromatic heterocycles. The van der Waals surface area contributed by atoms with Crippen molar-refractivity contribution in [1.82, 2.24) is 0 Å². The van der Waals surface area contributed by atoms with Gasteiger partial charge in [-0.1, -0.05) is 15.9 Å². The van der Waals surface area contributed by atoms with E-state index in [9.17, 15) is 4.79 Å². The van der Waals surface area contributed by atoms with Gasteiger partial charge in [0, 0.05) is 16.1 Å². The van der Waals surface area contributed by atoms with E-state index in [1.165, 1.54) is 0 Å². The van der Waals surface area contributed by atoms with E-state index < -0.39 is 5.97 Å². The van der Waals surface area contributed by atoms with Crippen LogP contribution in [0.2, 0.25) is 0 Å². The molecule has 0 unspecified atom stereocenters. The Kier molecular flexibility index (Phi) is 5.27. The van der Waals surface area contributed by atoms with E-state index in [0.717, 1.165) is 4.47 Å². The number of hydrogen-bond acceptors (Lipinski definition) is 6. The lowest BCUT2D eigenvalue weighted by atomic mass is 10.1. The molecule has 1 aliphatic rings. The number of nitrogens with zero attached hydrogens (tertiary/aromatic N) is 1. The third kappa shape index (κ3) is 3.57. The van der Waals surface area contributed by atoms with Crippen molar-refractivity contribution in [3.8, 4) is 17.2 Å². The van der Waals surface area contributed by atoms with Gasteiger partial charge < -0.3 is 18.9 Å². The van der Waals surface area contributed by atoms with Crippen molar-refractivity contribution in [2.24, 2.45) is 4.99 Å². The Balaban J connectivity index is 2.01. The molecule has 2 aromatic carbocycles. The van der Waals surface area contributed by atoms with Crippen LogP contribution in [0.1, 0.15) is 11.1 Å². The molecule has 0 saturated heterocycles. The minimum atomic E-state index is -0.542. The molecule has 2 aromatic rings. The van der Waals surface area contributed by atoms with Crippen LogP contribution in [0.25, 0.3) is 6.08 Å². The average molecular weight is 418 g/mol. The monoisotopic (exact) mass is 417 g/mol. The Hall–Kier alpha value is -2.80. The highest BCUT2D eigenvalue weighted by atomic mass is 79.9. The lowest BCUT2D eigenvalue weighted by Crippen LogP contribution is -2.07. The number of rotatable bonds is 5. The summed E-state index contributed by atoms with van der Waals surface area (Å²) in [6, 6.07) is 10.7. The molecule has 0 atom stereocenters. The quantitative estimate of drug-likeness (QED) is 0.546. The largest absolute Gasteiger partial charge is 0.497 e. The van der Waals surface area contributed by atoms with Crippen molar-refractivity contribution < 1.29 is 23.7 Å². The van der Waals surface area contributed by atoms with Crippen LogP contribution in [0.4, 0.5) is 0 Å². The number of carbonyl (C=O) groups excluding carboxylic acids is 1. The maximum Gasteiger partial charge on any atom is 0.363 e. The predicted molar refractivity (Wildman–Crippen MR) is 101 cm³/mol. The SMILES string of the molecule is COc1ccc(/C=C2\N=C(c3cc(Br)ccc3OC)OC2=O)c(OC)c1. The Morgan fingerprint density at radius 1 is 1.00 bits per heavy atom. The van der Waals surface area contributed by atoms with Crippen LogP contribution >= 0.6 is 15.9 Å². The van der Waals surface area contributed by atoms with Crippen molar-refractivity contribution >= 4 is 33.9 Å². The number of cyclic esters (lactones) is 1. The molecule has 0 amide bonds. The summed E-state index contributed by atoms with van der Waals surface area (Å²) < 4.78 is 22.0. The van der Waals surface area contributed by atoms with E-state index in [1.54, 1.807) is 57.7 Å². The lowest BCUT2D eigenvalue weighted by Gasteiger charge is -2.07. The highest BCUT2D eigenvalue weighted by Crippen LogP contribution is 2.30. The number of benzene rings is 2. The summed E-state index contributed by atoms with van der Waals surface area (Å²) in [7, 11) is 4.66. The van der Waals surface area contributed by atoms with E-state index in [1.807, 2.05) is 6.07 Å². The minimum Gasteiger partial charge on any atom is -0.497 e. The number of esters is 1. The van der Waals surface area contributed by atoms with Crippen molar-refractivity contribution in [3.05, 3.63) is 57.7 Å². The number of hydrogen-bond donors (Lipinski definition) is 0. The number of methoxy groups -OCH3 is 3. The van der Waals surface area contributed by atoms with Gasteiger partial charge >= 0.3 is 5.97 Å². The van der Waals surface area contributed by atoms with Gasteiger partial charge in [-0.15, -0.1) is 0 Å². The second-order valence-corrected chi connectivity index (χ2v) is 6.20. The molecule has 0 spiro atoms. The van der Waals surface area contributed by atoms with Gasteiger partial charge in [-0.2, -0.15) is 0 Å². The predicted octanol–water partition coefficient (Wildman–Crippen LogP) is 3.82. The van der Waals surface area contributed by atoms with Crippen LogP contribution in [-0.2, 0) is 9.53 Å². The Morgan fingerprint density at radius 3 is 2.46 bits per heavy atom. The molecule has 0 radical (unpaired) electrons. The van der Waals surface area contributed by atoms with Crippen molar-refractivity contribution in [1.29, 1.82) is 0 Å². The van der Waals surface area contributed by atoms with Crippen LogP contribution in [-0.4, -0.2) is 33.2 Å². The van der Waals surface area contributed by atoms with Crippen molar-refractivity contribution in [2.75, 3.05) is 21.3 Å². The summed E-state index contributed by atoms with van der Waals surface area (Å²) in [5.41, 5.74) is 1.44. The van der Waals surface area contributed by atoms with Gasteiger partial charge in [-0.3, -0.25) is 0 Å². The third-order valence-corrected chi connectivity index (χ3v) is 4.24. The summed E-state index contributed by atoms with van der Waals surface area (Å²) in [6.45, 7) is 0. The number of halogens is 1. The van der Waals surface area contributed by atoms with Gasteiger partial charge in [-0.05, 0) is 36.4 Å². The third-order valence-electron chi connectivity index (χ3n) is 3.75. The maximum absolute atomic E-state index is 12.2. The fourth-order valence-electron chi connectivity index (χ4n) is 2.46. The summed E-state index contributed by atoms with van der Waals surface area (Å²) in [6.07, 6.45) is 1.61. The smallest absolute Gasteiger partial charge is 0.363 e. The summed E-state index contributed by atoms with van der Waals surface area (Å²) in [4.78, 5) is 16.6. The fourth-order valence-corrected chi connectivity index (χ4v) is 2.82. The molecule has 134 valence electrons. The molecular weight excluding hydrogens is 402 g/mol. The Bertz CT molecular complexity index is 920. The molecule has 3 rings (SSSR count). The van der Waals surface area contributed by atoms with Crippen LogP contribution in [0, 0.1) is 0 Å². The van der Waals surface area contributed by atoms with Crippen molar-refractivity contribution in [2.45, 2.75) is 0 Å². The van der Waals surface area contributed by atoms with Crippen LogP contribution in [0.5, 0.6) is 17.2 Å². The van der Waals surface area contributed by atoms with E-state index in [0.29, 0.717) is 28.4 Å². The lowest BCUT2D eigenvalue weighted by molar-refractivity contribution is -0.129. The first kappa shape index (κ1) is 18.0.